The molecule has 3 aliphatic heterocycles. The Labute approximate surface area is 200 Å². The highest BCUT2D eigenvalue weighted by atomic mass is 35.5. The van der Waals surface area contributed by atoms with Crippen LogP contribution in [0.1, 0.15) is 39.5 Å². The molecule has 0 amide bonds. The van der Waals surface area contributed by atoms with Crippen LogP contribution in [0.5, 0.6) is 0 Å². The summed E-state index contributed by atoms with van der Waals surface area (Å²) in [6.07, 6.45) is 4.87. The molecular formula is C25H32Cl2N2O3. The first-order valence-electron chi connectivity index (χ1n) is 12.1. The highest BCUT2D eigenvalue weighted by molar-refractivity contribution is 6.42. The van der Waals surface area contributed by atoms with E-state index in [0.29, 0.717) is 16.0 Å². The van der Waals surface area contributed by atoms with Crippen molar-refractivity contribution in [2.24, 2.45) is 23.2 Å². The number of nitrogens with zero attached hydrogens (tertiary/aromatic N) is 2. The Kier molecular flexibility index (Phi) is 5.04. The van der Waals surface area contributed by atoms with E-state index in [4.69, 9.17) is 32.7 Å². The first kappa shape index (κ1) is 21.5. The van der Waals surface area contributed by atoms with Gasteiger partial charge in [-0.05, 0) is 43.4 Å². The van der Waals surface area contributed by atoms with Crippen LogP contribution in [0.3, 0.4) is 0 Å². The number of carbonyl (C=O) groups is 1. The van der Waals surface area contributed by atoms with Crippen molar-refractivity contribution < 1.29 is 14.3 Å². The average Bonchev–Trinajstić information content (AvgIpc) is 3.45. The van der Waals surface area contributed by atoms with Crippen molar-refractivity contribution >= 4 is 34.9 Å². The fourth-order valence-corrected chi connectivity index (χ4v) is 7.88. The summed E-state index contributed by atoms with van der Waals surface area (Å²) >= 11 is 12.3. The quantitative estimate of drug-likeness (QED) is 0.467. The van der Waals surface area contributed by atoms with Gasteiger partial charge in [0.2, 0.25) is 0 Å². The van der Waals surface area contributed by atoms with Gasteiger partial charge >= 0.3 is 5.97 Å². The summed E-state index contributed by atoms with van der Waals surface area (Å²) in [5, 5.41) is 1.17. The van der Waals surface area contributed by atoms with Gasteiger partial charge in [-0.1, -0.05) is 43.5 Å². The molecule has 0 aromatic heterocycles. The lowest BCUT2D eigenvalue weighted by atomic mass is 9.53. The van der Waals surface area contributed by atoms with Gasteiger partial charge in [-0.15, -0.1) is 0 Å². The Balaban J connectivity index is 1.13. The van der Waals surface area contributed by atoms with Gasteiger partial charge in [0, 0.05) is 49.7 Å². The molecule has 0 unspecified atom stereocenters. The second-order valence-electron chi connectivity index (χ2n) is 10.9. The van der Waals surface area contributed by atoms with Gasteiger partial charge in [0.25, 0.3) is 0 Å². The van der Waals surface area contributed by atoms with Crippen LogP contribution in [0.4, 0.5) is 5.69 Å². The number of carbonyl (C=O) groups excluding carboxylic acids is 1. The van der Waals surface area contributed by atoms with Gasteiger partial charge < -0.3 is 14.4 Å². The molecule has 2 aliphatic carbocycles. The number of benzene rings is 1. The number of epoxide rings is 1. The molecule has 1 spiro atoms. The first-order valence-corrected chi connectivity index (χ1v) is 12.9. The second-order valence-corrected chi connectivity index (χ2v) is 11.7. The van der Waals surface area contributed by atoms with Crippen LogP contribution in [0.2, 0.25) is 10.0 Å². The molecular weight excluding hydrogens is 447 g/mol. The summed E-state index contributed by atoms with van der Waals surface area (Å²) in [5.41, 5.74) is 1.23. The summed E-state index contributed by atoms with van der Waals surface area (Å²) in [6, 6.07) is 5.82. The zero-order valence-electron chi connectivity index (χ0n) is 18.9. The van der Waals surface area contributed by atoms with E-state index in [9.17, 15) is 4.79 Å². The van der Waals surface area contributed by atoms with Crippen LogP contribution in [0.15, 0.2) is 18.2 Å². The van der Waals surface area contributed by atoms with E-state index in [2.05, 4.69) is 23.6 Å². The predicted octanol–water partition coefficient (Wildman–Crippen LogP) is 4.64. The van der Waals surface area contributed by atoms with Crippen LogP contribution in [-0.4, -0.2) is 61.4 Å². The van der Waals surface area contributed by atoms with Gasteiger partial charge in [-0.2, -0.15) is 0 Å². The van der Waals surface area contributed by atoms with Crippen molar-refractivity contribution in [1.29, 1.82) is 0 Å². The average molecular weight is 479 g/mol. The number of piperazine rings is 1. The number of hydrogen-bond donors (Lipinski definition) is 0. The minimum Gasteiger partial charge on any atom is -0.462 e. The van der Waals surface area contributed by atoms with Crippen LogP contribution in [0, 0.1) is 23.2 Å². The summed E-state index contributed by atoms with van der Waals surface area (Å²) < 4.78 is 12.6. The van der Waals surface area contributed by atoms with E-state index in [1.807, 2.05) is 18.2 Å². The van der Waals surface area contributed by atoms with Gasteiger partial charge in [-0.3, -0.25) is 9.69 Å². The molecule has 0 bridgehead atoms. The summed E-state index contributed by atoms with van der Waals surface area (Å²) in [7, 11) is 0. The van der Waals surface area contributed by atoms with Gasteiger partial charge in [0.05, 0.1) is 22.1 Å². The number of rotatable bonds is 3. The largest absolute Gasteiger partial charge is 0.462 e. The normalized spacial score (nSPS) is 43.3. The lowest BCUT2D eigenvalue weighted by molar-refractivity contribution is -0.146. The molecule has 1 aromatic rings. The summed E-state index contributed by atoms with van der Waals surface area (Å²) in [4.78, 5) is 17.7. The minimum absolute atomic E-state index is 0.00698. The van der Waals surface area contributed by atoms with Crippen LogP contribution >= 0.6 is 23.2 Å². The molecule has 7 atom stereocenters. The van der Waals surface area contributed by atoms with Crippen LogP contribution < -0.4 is 4.90 Å². The number of esters is 1. The monoisotopic (exact) mass is 478 g/mol. The number of ether oxygens (including phenoxy) is 2. The van der Waals surface area contributed by atoms with Crippen LogP contribution in [-0.2, 0) is 14.3 Å². The first-order chi connectivity index (χ1) is 15.3. The molecule has 5 nitrogen and oxygen atoms in total. The molecule has 3 heterocycles. The third kappa shape index (κ3) is 3.07. The molecule has 1 aromatic carbocycles. The van der Waals surface area contributed by atoms with E-state index < -0.39 is 0 Å². The predicted molar refractivity (Wildman–Crippen MR) is 125 cm³/mol. The lowest BCUT2D eigenvalue weighted by Crippen LogP contribution is -2.55. The van der Waals surface area contributed by atoms with E-state index in [1.54, 1.807) is 0 Å². The summed E-state index contributed by atoms with van der Waals surface area (Å²) in [6.45, 7) is 9.17. The van der Waals surface area contributed by atoms with Crippen molar-refractivity contribution in [3.05, 3.63) is 28.2 Å². The van der Waals surface area contributed by atoms with Crippen molar-refractivity contribution in [2.45, 2.75) is 57.3 Å². The molecule has 7 heteroatoms. The smallest absolute Gasteiger partial charge is 0.311 e. The fourth-order valence-electron chi connectivity index (χ4n) is 7.59. The number of halogens is 2. The lowest BCUT2D eigenvalue weighted by Gasteiger charge is -2.49. The van der Waals surface area contributed by atoms with Gasteiger partial charge in [-0.25, -0.2) is 0 Å². The van der Waals surface area contributed by atoms with E-state index >= 15 is 0 Å². The molecule has 0 N–H and O–H groups in total. The minimum atomic E-state index is -0.0698. The molecule has 3 saturated heterocycles. The Morgan fingerprint density at radius 1 is 1.16 bits per heavy atom. The Hall–Kier alpha value is -1.01. The number of hydrogen-bond acceptors (Lipinski definition) is 5. The van der Waals surface area contributed by atoms with Crippen molar-refractivity contribution in [2.75, 3.05) is 37.6 Å². The van der Waals surface area contributed by atoms with Crippen LogP contribution in [0.25, 0.3) is 0 Å². The molecule has 5 aliphatic rings. The number of fused-ring (bicyclic) bond motifs is 2. The third-order valence-electron chi connectivity index (χ3n) is 9.29. The highest BCUT2D eigenvalue weighted by Crippen LogP contribution is 2.70. The zero-order chi connectivity index (χ0) is 22.3. The second kappa shape index (κ2) is 7.49. The van der Waals surface area contributed by atoms with Gasteiger partial charge in [0.15, 0.2) is 0 Å². The molecule has 174 valence electrons. The number of anilines is 1. The maximum Gasteiger partial charge on any atom is 0.311 e. The Bertz CT molecular complexity index is 936. The maximum atomic E-state index is 13.0. The SMILES string of the molecule is C[C@@H]1CCC[C@@]2(C)C[C@H]3OC(=O)[C@@H](CN4CCN(c5ccc(Cl)c(Cl)c5)CC4)[C@@H]3[C@@H]3O[C@]132. The maximum absolute atomic E-state index is 13.0. The molecule has 5 fully saturated rings. The molecule has 0 radical (unpaired) electrons. The van der Waals surface area contributed by atoms with E-state index in [-0.39, 0.29) is 41.0 Å². The molecule has 32 heavy (non-hydrogen) atoms. The Morgan fingerprint density at radius 3 is 2.69 bits per heavy atom. The zero-order valence-corrected chi connectivity index (χ0v) is 20.4. The van der Waals surface area contributed by atoms with E-state index in [0.717, 1.165) is 44.8 Å². The standard InChI is InChI=1S/C25H32Cl2N2O3/c1-15-4-3-7-24(2)13-20-21(22-25(15,24)32-22)17(23(30)31-20)14-28-8-10-29(11-9-28)16-5-6-18(26)19(27)12-16/h5-6,12,15,17,20-22H,3-4,7-11,13-14H2,1-2H3/t15-,17+,20-,21+,22+,24+,25-/m1/s1. The molecule has 6 rings (SSSR count). The van der Waals surface area contributed by atoms with Crippen molar-refractivity contribution in [3.63, 3.8) is 0 Å². The Morgan fingerprint density at radius 2 is 1.94 bits per heavy atom. The third-order valence-corrected chi connectivity index (χ3v) is 10.0. The topological polar surface area (TPSA) is 45.3 Å². The van der Waals surface area contributed by atoms with Gasteiger partial charge in [0.1, 0.15) is 11.7 Å². The summed E-state index contributed by atoms with van der Waals surface area (Å²) in [5.74, 6) is 0.703. The highest BCUT2D eigenvalue weighted by Gasteiger charge is 2.78. The van der Waals surface area contributed by atoms with E-state index in [1.165, 1.54) is 19.3 Å². The van der Waals surface area contributed by atoms with Crippen molar-refractivity contribution in [1.82, 2.24) is 4.90 Å². The van der Waals surface area contributed by atoms with Crippen molar-refractivity contribution in [3.8, 4) is 0 Å². The fraction of sp³-hybridized carbons (Fsp3) is 0.720. The molecule has 2 saturated carbocycles.